The Morgan fingerprint density at radius 1 is 1.26 bits per heavy atom. The van der Waals surface area contributed by atoms with Crippen molar-refractivity contribution in [2.45, 2.75) is 26.7 Å². The van der Waals surface area contributed by atoms with E-state index in [2.05, 4.69) is 9.64 Å². The maximum atomic E-state index is 12.1. The van der Waals surface area contributed by atoms with Gasteiger partial charge < -0.3 is 9.64 Å². The number of likely N-dealkylation sites (N-methyl/N-ethyl adjacent to an activating group) is 1. The molecule has 0 aromatic heterocycles. The Labute approximate surface area is 115 Å². The Hall–Kier alpha value is -0.940. The van der Waals surface area contributed by atoms with Crippen LogP contribution in [0.25, 0.3) is 0 Å². The molecule has 1 heterocycles. The summed E-state index contributed by atoms with van der Waals surface area (Å²) in [6, 6.07) is 0. The van der Waals surface area contributed by atoms with Crippen LogP contribution in [0.2, 0.25) is 0 Å². The SMILES string of the molecule is COC(=O)C(C)(C)C(=O)CN(C)CCN1CCCC1. The molecule has 1 saturated heterocycles. The fourth-order valence-electron chi connectivity index (χ4n) is 2.21. The molecule has 0 saturated carbocycles. The maximum absolute atomic E-state index is 12.1. The first-order valence-electron chi connectivity index (χ1n) is 6.90. The lowest BCUT2D eigenvalue weighted by molar-refractivity contribution is -0.155. The maximum Gasteiger partial charge on any atom is 0.318 e. The number of nitrogens with zero attached hydrogens (tertiary/aromatic N) is 2. The zero-order valence-corrected chi connectivity index (χ0v) is 12.6. The van der Waals surface area contributed by atoms with Gasteiger partial charge in [-0.1, -0.05) is 0 Å². The van der Waals surface area contributed by atoms with Crippen molar-refractivity contribution in [1.29, 1.82) is 0 Å². The molecule has 0 bridgehead atoms. The van der Waals surface area contributed by atoms with Gasteiger partial charge >= 0.3 is 5.97 Å². The highest BCUT2D eigenvalue weighted by Crippen LogP contribution is 2.19. The average Bonchev–Trinajstić information content (AvgIpc) is 2.88. The van der Waals surface area contributed by atoms with Crippen LogP contribution in [-0.4, -0.2) is 68.4 Å². The van der Waals surface area contributed by atoms with Crippen LogP contribution in [-0.2, 0) is 14.3 Å². The van der Waals surface area contributed by atoms with Gasteiger partial charge in [0, 0.05) is 13.1 Å². The number of carbonyl (C=O) groups is 2. The van der Waals surface area contributed by atoms with Gasteiger partial charge in [0.2, 0.25) is 0 Å². The van der Waals surface area contributed by atoms with E-state index in [0.717, 1.165) is 26.2 Å². The zero-order valence-electron chi connectivity index (χ0n) is 12.6. The summed E-state index contributed by atoms with van der Waals surface area (Å²) in [6.07, 6.45) is 2.55. The van der Waals surface area contributed by atoms with Crippen LogP contribution in [0.15, 0.2) is 0 Å². The van der Waals surface area contributed by atoms with Crippen molar-refractivity contribution in [3.8, 4) is 0 Å². The molecule has 0 aromatic rings. The fraction of sp³-hybridized carbons (Fsp3) is 0.857. The lowest BCUT2D eigenvalue weighted by atomic mass is 9.88. The highest BCUT2D eigenvalue weighted by Gasteiger charge is 2.37. The molecule has 0 unspecified atom stereocenters. The second-order valence-corrected chi connectivity index (χ2v) is 5.83. The number of carbonyl (C=O) groups excluding carboxylic acids is 2. The molecule has 5 nitrogen and oxygen atoms in total. The minimum Gasteiger partial charge on any atom is -0.468 e. The minimum absolute atomic E-state index is 0.0942. The molecule has 0 spiro atoms. The Kier molecular flexibility index (Phi) is 5.94. The molecular formula is C14H26N2O3. The van der Waals surface area contributed by atoms with Crippen LogP contribution >= 0.6 is 0 Å². The molecule has 5 heteroatoms. The smallest absolute Gasteiger partial charge is 0.318 e. The summed E-state index contributed by atoms with van der Waals surface area (Å²) in [6.45, 7) is 7.69. The predicted molar refractivity (Wildman–Crippen MR) is 74.0 cm³/mol. The summed E-state index contributed by atoms with van der Waals surface area (Å²) in [5, 5.41) is 0. The third kappa shape index (κ3) is 4.58. The van der Waals surface area contributed by atoms with Crippen molar-refractivity contribution in [2.24, 2.45) is 5.41 Å². The molecule has 0 aliphatic carbocycles. The normalized spacial score (nSPS) is 16.9. The van der Waals surface area contributed by atoms with Crippen molar-refractivity contribution < 1.29 is 14.3 Å². The largest absolute Gasteiger partial charge is 0.468 e. The van der Waals surface area contributed by atoms with Gasteiger partial charge in [-0.2, -0.15) is 0 Å². The van der Waals surface area contributed by atoms with Crippen LogP contribution in [0.3, 0.4) is 0 Å². The standard InChI is InChI=1S/C14H26N2O3/c1-14(2,13(18)19-4)12(17)11-15(3)9-10-16-7-5-6-8-16/h5-11H2,1-4H3. The van der Waals surface area contributed by atoms with Gasteiger partial charge in [-0.3, -0.25) is 14.5 Å². The molecule has 0 atom stereocenters. The molecule has 1 aliphatic heterocycles. The number of methoxy groups -OCH3 is 1. The van der Waals surface area contributed by atoms with Crippen molar-refractivity contribution in [1.82, 2.24) is 9.80 Å². The number of ether oxygens (including phenoxy) is 1. The summed E-state index contributed by atoms with van der Waals surface area (Å²) >= 11 is 0. The van der Waals surface area contributed by atoms with Crippen LogP contribution in [0.1, 0.15) is 26.7 Å². The number of likely N-dealkylation sites (tertiary alicyclic amines) is 1. The molecule has 1 aliphatic rings. The van der Waals surface area contributed by atoms with Crippen LogP contribution in [0, 0.1) is 5.41 Å². The van der Waals surface area contributed by atoms with Crippen molar-refractivity contribution in [3.63, 3.8) is 0 Å². The average molecular weight is 270 g/mol. The molecule has 0 radical (unpaired) electrons. The van der Waals surface area contributed by atoms with E-state index >= 15 is 0 Å². The van der Waals surface area contributed by atoms with Gasteiger partial charge in [0.1, 0.15) is 5.41 Å². The van der Waals surface area contributed by atoms with Gasteiger partial charge in [-0.15, -0.1) is 0 Å². The topological polar surface area (TPSA) is 49.9 Å². The lowest BCUT2D eigenvalue weighted by Crippen LogP contribution is -2.42. The summed E-state index contributed by atoms with van der Waals surface area (Å²) in [5.41, 5.74) is -1.06. The molecule has 110 valence electrons. The van der Waals surface area contributed by atoms with Crippen molar-refractivity contribution in [3.05, 3.63) is 0 Å². The molecule has 1 fully saturated rings. The van der Waals surface area contributed by atoms with Gasteiger partial charge in [-0.05, 0) is 46.8 Å². The van der Waals surface area contributed by atoms with Crippen molar-refractivity contribution >= 4 is 11.8 Å². The second kappa shape index (κ2) is 7.01. The monoisotopic (exact) mass is 270 g/mol. The summed E-state index contributed by atoms with van der Waals surface area (Å²) in [7, 11) is 3.23. The predicted octanol–water partition coefficient (Wildman–Crippen LogP) is 0.782. The first kappa shape index (κ1) is 16.1. The first-order valence-corrected chi connectivity index (χ1v) is 6.90. The number of esters is 1. The lowest BCUT2D eigenvalue weighted by Gasteiger charge is -2.25. The quantitative estimate of drug-likeness (QED) is 0.505. The second-order valence-electron chi connectivity index (χ2n) is 5.83. The first-order chi connectivity index (χ1) is 8.87. The van der Waals surface area contributed by atoms with E-state index in [4.69, 9.17) is 0 Å². The van der Waals surface area contributed by atoms with E-state index in [1.807, 2.05) is 11.9 Å². The van der Waals surface area contributed by atoms with Gasteiger partial charge in [-0.25, -0.2) is 0 Å². The van der Waals surface area contributed by atoms with Gasteiger partial charge in [0.25, 0.3) is 0 Å². The summed E-state index contributed by atoms with van der Waals surface area (Å²) in [5.74, 6) is -0.561. The Morgan fingerprint density at radius 3 is 2.37 bits per heavy atom. The van der Waals surface area contributed by atoms with E-state index in [1.165, 1.54) is 20.0 Å². The number of ketones is 1. The van der Waals surface area contributed by atoms with E-state index < -0.39 is 11.4 Å². The van der Waals surface area contributed by atoms with Crippen LogP contribution < -0.4 is 0 Å². The molecule has 0 aromatic carbocycles. The fourth-order valence-corrected chi connectivity index (χ4v) is 2.21. The molecule has 0 N–H and O–H groups in total. The molecular weight excluding hydrogens is 244 g/mol. The van der Waals surface area contributed by atoms with E-state index in [-0.39, 0.29) is 12.3 Å². The van der Waals surface area contributed by atoms with E-state index in [1.54, 1.807) is 13.8 Å². The van der Waals surface area contributed by atoms with Gasteiger partial charge in [0.05, 0.1) is 13.7 Å². The Morgan fingerprint density at radius 2 is 1.84 bits per heavy atom. The number of hydrogen-bond donors (Lipinski definition) is 0. The third-order valence-corrected chi connectivity index (χ3v) is 3.80. The summed E-state index contributed by atoms with van der Waals surface area (Å²) in [4.78, 5) is 28.1. The minimum atomic E-state index is -1.06. The van der Waals surface area contributed by atoms with Gasteiger partial charge in [0.15, 0.2) is 5.78 Å². The highest BCUT2D eigenvalue weighted by molar-refractivity contribution is 6.03. The highest BCUT2D eigenvalue weighted by atomic mass is 16.5. The van der Waals surface area contributed by atoms with Crippen molar-refractivity contribution in [2.75, 3.05) is 46.9 Å². The molecule has 0 amide bonds. The Bertz CT molecular complexity index is 323. The van der Waals surface area contributed by atoms with Crippen LogP contribution in [0.5, 0.6) is 0 Å². The van der Waals surface area contributed by atoms with E-state index in [9.17, 15) is 9.59 Å². The summed E-state index contributed by atoms with van der Waals surface area (Å²) < 4.78 is 4.67. The number of Topliss-reactive ketones (excluding diaryl/α,β-unsaturated/α-hetero) is 1. The Balaban J connectivity index is 2.36. The van der Waals surface area contributed by atoms with E-state index in [0.29, 0.717) is 0 Å². The van der Waals surface area contributed by atoms with Crippen LogP contribution in [0.4, 0.5) is 0 Å². The molecule has 1 rings (SSSR count). The number of rotatable bonds is 7. The third-order valence-electron chi connectivity index (χ3n) is 3.80. The molecule has 19 heavy (non-hydrogen) atoms. The zero-order chi connectivity index (χ0) is 14.5. The number of hydrogen-bond acceptors (Lipinski definition) is 5.